The van der Waals surface area contributed by atoms with Crippen molar-refractivity contribution in [1.29, 1.82) is 0 Å². The normalized spacial score (nSPS) is 26.6. The van der Waals surface area contributed by atoms with E-state index in [4.69, 9.17) is 4.74 Å². The summed E-state index contributed by atoms with van der Waals surface area (Å²) >= 11 is 1.53. The first-order valence-electron chi connectivity index (χ1n) is 8.30. The Morgan fingerprint density at radius 2 is 2.09 bits per heavy atom. The van der Waals surface area contributed by atoms with E-state index in [0.29, 0.717) is 24.8 Å². The summed E-state index contributed by atoms with van der Waals surface area (Å²) in [7, 11) is 0. The van der Waals surface area contributed by atoms with Crippen LogP contribution in [0.1, 0.15) is 30.9 Å². The van der Waals surface area contributed by atoms with Gasteiger partial charge in [0.25, 0.3) is 0 Å². The van der Waals surface area contributed by atoms with Gasteiger partial charge >= 0.3 is 5.97 Å². The van der Waals surface area contributed by atoms with Crippen molar-refractivity contribution in [3.63, 3.8) is 0 Å². The van der Waals surface area contributed by atoms with Crippen molar-refractivity contribution in [3.8, 4) is 0 Å². The monoisotopic (exact) mass is 333 g/mol. The van der Waals surface area contributed by atoms with Gasteiger partial charge in [0.1, 0.15) is 11.8 Å². The van der Waals surface area contributed by atoms with Crippen LogP contribution in [0.4, 0.5) is 0 Å². The smallest absolute Gasteiger partial charge is 0.324 e. The molecule has 124 valence electrons. The van der Waals surface area contributed by atoms with Crippen LogP contribution in [0, 0.1) is 5.92 Å². The van der Waals surface area contributed by atoms with Gasteiger partial charge in [-0.1, -0.05) is 24.3 Å². The molecular weight excluding hydrogens is 310 g/mol. The zero-order valence-corrected chi connectivity index (χ0v) is 14.2. The van der Waals surface area contributed by atoms with Gasteiger partial charge in [-0.05, 0) is 43.2 Å². The summed E-state index contributed by atoms with van der Waals surface area (Å²) in [6.45, 7) is 2.14. The fourth-order valence-corrected chi connectivity index (χ4v) is 4.63. The maximum Gasteiger partial charge on any atom is 0.324 e. The zero-order valence-electron chi connectivity index (χ0n) is 13.4. The first kappa shape index (κ1) is 16.5. The minimum Gasteiger partial charge on any atom is -0.465 e. The number of rotatable bonds is 5. The summed E-state index contributed by atoms with van der Waals surface area (Å²) in [5, 5.41) is 2.79. The SMILES string of the molecule is CCOC(=O)[C@@H]1NCSC1C(=O)CC1CCc2ccccc2C1. The Bertz CT molecular complexity index is 589. The molecule has 1 fully saturated rings. The van der Waals surface area contributed by atoms with E-state index in [1.807, 2.05) is 0 Å². The number of ether oxygens (including phenoxy) is 1. The predicted molar refractivity (Wildman–Crippen MR) is 91.4 cm³/mol. The van der Waals surface area contributed by atoms with E-state index < -0.39 is 6.04 Å². The Hall–Kier alpha value is -1.33. The average Bonchev–Trinajstić information content (AvgIpc) is 3.05. The molecule has 3 rings (SSSR count). The molecule has 1 aliphatic heterocycles. The summed E-state index contributed by atoms with van der Waals surface area (Å²) in [5.41, 5.74) is 2.79. The number of hydrogen-bond donors (Lipinski definition) is 1. The third kappa shape index (κ3) is 3.78. The Morgan fingerprint density at radius 1 is 1.30 bits per heavy atom. The van der Waals surface area contributed by atoms with E-state index in [1.54, 1.807) is 6.92 Å². The molecule has 23 heavy (non-hydrogen) atoms. The number of Topliss-reactive ketones (excluding diaryl/α,β-unsaturated/α-hetero) is 1. The summed E-state index contributed by atoms with van der Waals surface area (Å²) in [4.78, 5) is 24.6. The van der Waals surface area contributed by atoms with Crippen molar-refractivity contribution in [1.82, 2.24) is 5.32 Å². The van der Waals surface area contributed by atoms with Gasteiger partial charge in [0.15, 0.2) is 0 Å². The Morgan fingerprint density at radius 3 is 2.87 bits per heavy atom. The molecule has 1 saturated heterocycles. The molecule has 3 atom stereocenters. The number of carbonyl (C=O) groups is 2. The van der Waals surface area contributed by atoms with Crippen LogP contribution in [0.5, 0.6) is 0 Å². The van der Waals surface area contributed by atoms with Gasteiger partial charge in [-0.15, -0.1) is 11.8 Å². The van der Waals surface area contributed by atoms with Gasteiger partial charge in [0.2, 0.25) is 0 Å². The molecule has 2 aliphatic rings. The lowest BCUT2D eigenvalue weighted by Crippen LogP contribution is -2.43. The van der Waals surface area contributed by atoms with Gasteiger partial charge in [-0.2, -0.15) is 0 Å². The van der Waals surface area contributed by atoms with Gasteiger partial charge < -0.3 is 4.74 Å². The standard InChI is InChI=1S/C18H23NO3S/c1-2-22-18(21)16-17(23-11-19-16)15(20)10-12-7-8-13-5-3-4-6-14(13)9-12/h3-6,12,16-17,19H,2,7-11H2,1H3/t12?,16-,17?/m1/s1. The fraction of sp³-hybridized carbons (Fsp3) is 0.556. The van der Waals surface area contributed by atoms with Crippen molar-refractivity contribution >= 4 is 23.5 Å². The lowest BCUT2D eigenvalue weighted by molar-refractivity contribution is -0.146. The third-order valence-corrected chi connectivity index (χ3v) is 5.89. The van der Waals surface area contributed by atoms with Crippen LogP contribution < -0.4 is 5.32 Å². The molecule has 1 aromatic rings. The van der Waals surface area contributed by atoms with E-state index in [-0.39, 0.29) is 17.0 Å². The third-order valence-electron chi connectivity index (χ3n) is 4.67. The minimum atomic E-state index is -0.483. The van der Waals surface area contributed by atoms with Crippen LogP contribution in [-0.4, -0.2) is 35.5 Å². The molecule has 1 N–H and O–H groups in total. The van der Waals surface area contributed by atoms with Gasteiger partial charge in [0, 0.05) is 12.3 Å². The summed E-state index contributed by atoms with van der Waals surface area (Å²) in [6, 6.07) is 8.01. The molecule has 2 unspecified atom stereocenters. The largest absolute Gasteiger partial charge is 0.465 e. The Labute approximate surface area is 141 Å². The first-order valence-corrected chi connectivity index (χ1v) is 9.35. The van der Waals surface area contributed by atoms with Crippen LogP contribution in [0.15, 0.2) is 24.3 Å². The molecule has 0 saturated carbocycles. The van der Waals surface area contributed by atoms with Gasteiger partial charge in [-0.25, -0.2) is 0 Å². The summed E-state index contributed by atoms with van der Waals surface area (Å²) < 4.78 is 5.08. The molecule has 1 aliphatic carbocycles. The maximum absolute atomic E-state index is 12.7. The van der Waals surface area contributed by atoms with Crippen LogP contribution >= 0.6 is 11.8 Å². The molecular formula is C18H23NO3S. The molecule has 0 radical (unpaired) electrons. The zero-order chi connectivity index (χ0) is 16.2. The lowest BCUT2D eigenvalue weighted by Gasteiger charge is -2.25. The molecule has 1 aromatic carbocycles. The van der Waals surface area contributed by atoms with E-state index in [2.05, 4.69) is 29.6 Å². The second-order valence-corrected chi connectivity index (χ2v) is 7.34. The number of nitrogens with one attached hydrogen (secondary N) is 1. The topological polar surface area (TPSA) is 55.4 Å². The maximum atomic E-state index is 12.7. The Balaban J connectivity index is 1.60. The van der Waals surface area contributed by atoms with Crippen molar-refractivity contribution in [2.45, 2.75) is 43.9 Å². The molecule has 5 heteroatoms. The highest BCUT2D eigenvalue weighted by Crippen LogP contribution is 2.31. The second-order valence-electron chi connectivity index (χ2n) is 6.21. The van der Waals surface area contributed by atoms with Crippen LogP contribution in [-0.2, 0) is 27.2 Å². The number of aryl methyl sites for hydroxylation is 1. The summed E-state index contributed by atoms with van der Waals surface area (Å²) in [6.07, 6.45) is 3.63. The van der Waals surface area contributed by atoms with Crippen molar-refractivity contribution in [2.24, 2.45) is 5.92 Å². The van der Waals surface area contributed by atoms with E-state index in [0.717, 1.165) is 19.3 Å². The van der Waals surface area contributed by atoms with E-state index in [1.165, 1.54) is 22.9 Å². The van der Waals surface area contributed by atoms with E-state index >= 15 is 0 Å². The van der Waals surface area contributed by atoms with E-state index in [9.17, 15) is 9.59 Å². The quantitative estimate of drug-likeness (QED) is 0.838. The molecule has 0 spiro atoms. The van der Waals surface area contributed by atoms with Crippen LogP contribution in [0.25, 0.3) is 0 Å². The summed E-state index contributed by atoms with van der Waals surface area (Å²) in [5.74, 6) is 0.904. The number of benzene rings is 1. The van der Waals surface area contributed by atoms with Crippen molar-refractivity contribution in [2.75, 3.05) is 12.5 Å². The number of fused-ring (bicyclic) bond motifs is 1. The van der Waals surface area contributed by atoms with Gasteiger partial charge in [0.05, 0.1) is 11.9 Å². The average molecular weight is 333 g/mol. The fourth-order valence-electron chi connectivity index (χ4n) is 3.50. The number of thioether (sulfide) groups is 1. The number of ketones is 1. The number of hydrogen-bond acceptors (Lipinski definition) is 5. The number of carbonyl (C=O) groups excluding carboxylic acids is 2. The minimum absolute atomic E-state index is 0.183. The highest BCUT2D eigenvalue weighted by molar-refractivity contribution is 8.00. The molecule has 4 nitrogen and oxygen atoms in total. The highest BCUT2D eigenvalue weighted by atomic mass is 32.2. The Kier molecular flexibility index (Phi) is 5.38. The lowest BCUT2D eigenvalue weighted by atomic mass is 9.81. The molecule has 1 heterocycles. The van der Waals surface area contributed by atoms with Crippen molar-refractivity contribution < 1.29 is 14.3 Å². The first-order chi connectivity index (χ1) is 11.2. The molecule has 0 amide bonds. The van der Waals surface area contributed by atoms with Gasteiger partial charge in [-0.3, -0.25) is 14.9 Å². The predicted octanol–water partition coefficient (Wildman–Crippen LogP) is 2.34. The highest BCUT2D eigenvalue weighted by Gasteiger charge is 2.39. The van der Waals surface area contributed by atoms with Crippen LogP contribution in [0.2, 0.25) is 0 Å². The molecule has 0 bridgehead atoms. The second kappa shape index (κ2) is 7.49. The molecule has 0 aromatic heterocycles. The van der Waals surface area contributed by atoms with Crippen LogP contribution in [0.3, 0.4) is 0 Å². The number of esters is 1. The van der Waals surface area contributed by atoms with Crippen molar-refractivity contribution in [3.05, 3.63) is 35.4 Å².